The van der Waals surface area contributed by atoms with E-state index in [0.29, 0.717) is 6.54 Å². The molecule has 0 aromatic carbocycles. The van der Waals surface area contributed by atoms with Gasteiger partial charge in [-0.15, -0.1) is 0 Å². The lowest BCUT2D eigenvalue weighted by Gasteiger charge is -2.30. The molecular weight excluding hydrogens is 208 g/mol. The van der Waals surface area contributed by atoms with Gasteiger partial charge in [-0.25, -0.2) is 0 Å². The average molecular weight is 228 g/mol. The zero-order chi connectivity index (χ0) is 12.1. The Morgan fingerprint density at radius 3 is 2.62 bits per heavy atom. The van der Waals surface area contributed by atoms with Gasteiger partial charge in [0.2, 0.25) is 5.91 Å². The molecule has 0 spiro atoms. The molecule has 0 aromatic heterocycles. The lowest BCUT2D eigenvalue weighted by Crippen LogP contribution is -2.45. The molecular formula is C11H20N2O3. The number of carboxylic acids is 1. The lowest BCUT2D eigenvalue weighted by molar-refractivity contribution is -0.142. The minimum Gasteiger partial charge on any atom is -0.480 e. The van der Waals surface area contributed by atoms with Crippen molar-refractivity contribution >= 4 is 11.9 Å². The van der Waals surface area contributed by atoms with Crippen LogP contribution in [0.2, 0.25) is 0 Å². The molecule has 1 rings (SSSR count). The van der Waals surface area contributed by atoms with Crippen LogP contribution in [0.5, 0.6) is 0 Å². The highest BCUT2D eigenvalue weighted by molar-refractivity contribution is 5.84. The van der Waals surface area contributed by atoms with Crippen LogP contribution in [0.25, 0.3) is 0 Å². The summed E-state index contributed by atoms with van der Waals surface area (Å²) >= 11 is 0. The SMILES string of the molecule is C[C@@H](NC(=O)C1CCCCC1CN)C(=O)O. The first kappa shape index (κ1) is 13.0. The molecule has 1 saturated carbocycles. The summed E-state index contributed by atoms with van der Waals surface area (Å²) in [6.07, 6.45) is 3.92. The molecule has 1 fully saturated rings. The van der Waals surface area contributed by atoms with Crippen molar-refractivity contribution in [1.82, 2.24) is 5.32 Å². The summed E-state index contributed by atoms with van der Waals surface area (Å²) in [7, 11) is 0. The minimum atomic E-state index is -1.01. The number of hydrogen-bond donors (Lipinski definition) is 3. The molecule has 0 aliphatic heterocycles. The topological polar surface area (TPSA) is 92.4 Å². The van der Waals surface area contributed by atoms with Gasteiger partial charge in [-0.1, -0.05) is 12.8 Å². The molecule has 2 unspecified atom stereocenters. The number of carboxylic acid groups (broad SMARTS) is 1. The van der Waals surface area contributed by atoms with Crippen LogP contribution in [0.4, 0.5) is 0 Å². The second kappa shape index (κ2) is 5.84. The smallest absolute Gasteiger partial charge is 0.325 e. The van der Waals surface area contributed by atoms with Crippen molar-refractivity contribution in [2.45, 2.75) is 38.6 Å². The molecule has 4 N–H and O–H groups in total. The predicted molar refractivity (Wildman–Crippen MR) is 59.7 cm³/mol. The molecule has 1 aliphatic rings. The van der Waals surface area contributed by atoms with E-state index in [1.807, 2.05) is 0 Å². The number of aliphatic carboxylic acids is 1. The second-order valence-corrected chi connectivity index (χ2v) is 4.46. The number of carbonyl (C=O) groups is 2. The van der Waals surface area contributed by atoms with Crippen molar-refractivity contribution in [2.24, 2.45) is 17.6 Å². The largest absolute Gasteiger partial charge is 0.480 e. The number of nitrogens with one attached hydrogen (secondary N) is 1. The van der Waals surface area contributed by atoms with Gasteiger partial charge in [-0.2, -0.15) is 0 Å². The second-order valence-electron chi connectivity index (χ2n) is 4.46. The zero-order valence-corrected chi connectivity index (χ0v) is 9.61. The highest BCUT2D eigenvalue weighted by Gasteiger charge is 2.31. The van der Waals surface area contributed by atoms with Gasteiger partial charge in [0.05, 0.1) is 0 Å². The van der Waals surface area contributed by atoms with E-state index in [-0.39, 0.29) is 17.7 Å². The molecule has 0 radical (unpaired) electrons. The number of amides is 1. The molecule has 92 valence electrons. The van der Waals surface area contributed by atoms with Gasteiger partial charge < -0.3 is 16.2 Å². The van der Waals surface area contributed by atoms with Gasteiger partial charge in [-0.05, 0) is 32.2 Å². The van der Waals surface area contributed by atoms with Crippen LogP contribution in [0.15, 0.2) is 0 Å². The maximum atomic E-state index is 11.9. The highest BCUT2D eigenvalue weighted by Crippen LogP contribution is 2.29. The molecule has 0 bridgehead atoms. The quantitative estimate of drug-likeness (QED) is 0.647. The van der Waals surface area contributed by atoms with Crippen LogP contribution >= 0.6 is 0 Å². The number of rotatable bonds is 4. The van der Waals surface area contributed by atoms with Crippen LogP contribution in [-0.4, -0.2) is 29.6 Å². The van der Waals surface area contributed by atoms with Crippen LogP contribution in [0.1, 0.15) is 32.6 Å². The van der Waals surface area contributed by atoms with Crippen LogP contribution in [0.3, 0.4) is 0 Å². The summed E-state index contributed by atoms with van der Waals surface area (Å²) in [5, 5.41) is 11.2. The van der Waals surface area contributed by atoms with Crippen molar-refractivity contribution in [3.63, 3.8) is 0 Å². The molecule has 0 aromatic rings. The first-order valence-corrected chi connectivity index (χ1v) is 5.79. The van der Waals surface area contributed by atoms with Gasteiger partial charge in [0, 0.05) is 5.92 Å². The van der Waals surface area contributed by atoms with Crippen molar-refractivity contribution in [2.75, 3.05) is 6.54 Å². The summed E-state index contributed by atoms with van der Waals surface area (Å²) < 4.78 is 0. The molecule has 3 atom stereocenters. The summed E-state index contributed by atoms with van der Waals surface area (Å²) in [6, 6.07) is -0.826. The van der Waals surface area contributed by atoms with Crippen LogP contribution in [-0.2, 0) is 9.59 Å². The number of carbonyl (C=O) groups excluding carboxylic acids is 1. The first-order chi connectivity index (χ1) is 7.56. The highest BCUT2D eigenvalue weighted by atomic mass is 16.4. The van der Waals surface area contributed by atoms with Crippen LogP contribution in [0, 0.1) is 11.8 Å². The third-order valence-electron chi connectivity index (χ3n) is 3.28. The standard InChI is InChI=1S/C11H20N2O3/c1-7(11(15)16)13-10(14)9-5-3-2-4-8(9)6-12/h7-9H,2-6,12H2,1H3,(H,13,14)(H,15,16)/t7-,8?,9?/m1/s1. The van der Waals surface area contributed by atoms with Crippen molar-refractivity contribution in [3.05, 3.63) is 0 Å². The summed E-state index contributed by atoms with van der Waals surface area (Å²) in [4.78, 5) is 22.5. The maximum Gasteiger partial charge on any atom is 0.325 e. The molecule has 1 amide bonds. The lowest BCUT2D eigenvalue weighted by atomic mass is 9.78. The summed E-state index contributed by atoms with van der Waals surface area (Å²) in [5.74, 6) is -1.08. The Kier molecular flexibility index (Phi) is 4.73. The van der Waals surface area contributed by atoms with Gasteiger partial charge in [0.1, 0.15) is 6.04 Å². The van der Waals surface area contributed by atoms with Crippen molar-refractivity contribution in [1.29, 1.82) is 0 Å². The van der Waals surface area contributed by atoms with Crippen molar-refractivity contribution in [3.8, 4) is 0 Å². The van der Waals surface area contributed by atoms with Crippen molar-refractivity contribution < 1.29 is 14.7 Å². The first-order valence-electron chi connectivity index (χ1n) is 5.79. The van der Waals surface area contributed by atoms with Gasteiger partial charge in [0.25, 0.3) is 0 Å². The van der Waals surface area contributed by atoms with E-state index in [4.69, 9.17) is 10.8 Å². The van der Waals surface area contributed by atoms with Crippen LogP contribution < -0.4 is 11.1 Å². The summed E-state index contributed by atoms with van der Waals surface area (Å²) in [6.45, 7) is 1.97. The fourth-order valence-electron chi connectivity index (χ4n) is 2.22. The maximum absolute atomic E-state index is 11.9. The van der Waals surface area contributed by atoms with E-state index in [1.165, 1.54) is 6.92 Å². The van der Waals surface area contributed by atoms with E-state index in [9.17, 15) is 9.59 Å². The third kappa shape index (κ3) is 3.20. The van der Waals surface area contributed by atoms with Gasteiger partial charge in [-0.3, -0.25) is 9.59 Å². The third-order valence-corrected chi connectivity index (χ3v) is 3.28. The Morgan fingerprint density at radius 2 is 2.06 bits per heavy atom. The average Bonchev–Trinajstić information content (AvgIpc) is 2.28. The Bertz CT molecular complexity index is 268. The Balaban J connectivity index is 2.54. The predicted octanol–water partition coefficient (Wildman–Crippen LogP) is 0.341. The number of hydrogen-bond acceptors (Lipinski definition) is 3. The van der Waals surface area contributed by atoms with E-state index in [0.717, 1.165) is 25.7 Å². The van der Waals surface area contributed by atoms with Gasteiger partial charge >= 0.3 is 5.97 Å². The molecule has 5 heteroatoms. The molecule has 5 nitrogen and oxygen atoms in total. The van der Waals surface area contributed by atoms with E-state index in [1.54, 1.807) is 0 Å². The molecule has 0 heterocycles. The molecule has 1 aliphatic carbocycles. The Labute approximate surface area is 95.4 Å². The normalized spacial score (nSPS) is 27.1. The number of nitrogens with two attached hydrogens (primary N) is 1. The molecule has 16 heavy (non-hydrogen) atoms. The monoisotopic (exact) mass is 228 g/mol. The zero-order valence-electron chi connectivity index (χ0n) is 9.61. The Morgan fingerprint density at radius 1 is 1.44 bits per heavy atom. The van der Waals surface area contributed by atoms with Gasteiger partial charge in [0.15, 0.2) is 0 Å². The summed E-state index contributed by atoms with van der Waals surface area (Å²) in [5.41, 5.74) is 5.63. The van der Waals surface area contributed by atoms with E-state index >= 15 is 0 Å². The molecule has 0 saturated heterocycles. The van der Waals surface area contributed by atoms with E-state index < -0.39 is 12.0 Å². The Hall–Kier alpha value is -1.10. The fraction of sp³-hybridized carbons (Fsp3) is 0.818. The fourth-order valence-corrected chi connectivity index (χ4v) is 2.22. The van der Waals surface area contributed by atoms with E-state index in [2.05, 4.69) is 5.32 Å². The minimum absolute atomic E-state index is 0.111.